The quantitative estimate of drug-likeness (QED) is 0.774. The number of ether oxygens (including phenoxy) is 1. The average Bonchev–Trinajstić information content (AvgIpc) is 2.86. The zero-order valence-electron chi connectivity index (χ0n) is 11.5. The molecule has 104 valence electrons. The smallest absolute Gasteiger partial charge is 0.251 e. The molecule has 2 heterocycles. The van der Waals surface area contributed by atoms with E-state index in [-0.39, 0.29) is 18.1 Å². The molecule has 0 radical (unpaired) electrons. The van der Waals surface area contributed by atoms with Gasteiger partial charge in [0.25, 0.3) is 5.91 Å². The highest BCUT2D eigenvalue weighted by molar-refractivity contribution is 5.81. The minimum atomic E-state index is -0.246. The van der Waals surface area contributed by atoms with E-state index in [9.17, 15) is 4.79 Å². The molecule has 2 saturated heterocycles. The number of hydrogen-bond acceptors (Lipinski definition) is 4. The number of nitrogens with two attached hydrogens (primary N) is 1. The van der Waals surface area contributed by atoms with Crippen molar-refractivity contribution in [1.82, 2.24) is 9.80 Å². The highest BCUT2D eigenvalue weighted by Crippen LogP contribution is 2.21. The number of carbonyl (C=O) groups is 1. The Balaban J connectivity index is 1.81. The van der Waals surface area contributed by atoms with E-state index in [4.69, 9.17) is 10.5 Å². The van der Waals surface area contributed by atoms with Crippen molar-refractivity contribution in [2.75, 3.05) is 32.7 Å². The predicted octanol–water partition coefficient (Wildman–Crippen LogP) is 0.0453. The van der Waals surface area contributed by atoms with Crippen LogP contribution in [-0.4, -0.2) is 66.7 Å². The Morgan fingerprint density at radius 3 is 2.44 bits per heavy atom. The molecule has 0 aromatic carbocycles. The molecule has 2 aliphatic rings. The van der Waals surface area contributed by atoms with E-state index in [0.717, 1.165) is 39.0 Å². The lowest BCUT2D eigenvalue weighted by Gasteiger charge is -2.37. The lowest BCUT2D eigenvalue weighted by Crippen LogP contribution is -2.53. The van der Waals surface area contributed by atoms with Gasteiger partial charge in [-0.05, 0) is 26.7 Å². The fourth-order valence-corrected chi connectivity index (χ4v) is 2.72. The zero-order chi connectivity index (χ0) is 13.1. The van der Waals surface area contributed by atoms with Crippen LogP contribution >= 0.6 is 0 Å². The lowest BCUT2D eigenvalue weighted by atomic mass is 10.1. The van der Waals surface area contributed by atoms with Crippen LogP contribution in [0.15, 0.2) is 0 Å². The molecule has 0 bridgehead atoms. The molecule has 0 saturated carbocycles. The second kappa shape index (κ2) is 5.99. The highest BCUT2D eigenvalue weighted by Gasteiger charge is 2.34. The van der Waals surface area contributed by atoms with Crippen molar-refractivity contribution in [3.63, 3.8) is 0 Å². The zero-order valence-corrected chi connectivity index (χ0v) is 11.5. The number of amides is 1. The van der Waals surface area contributed by atoms with Gasteiger partial charge in [0, 0.05) is 38.8 Å². The average molecular weight is 255 g/mol. The van der Waals surface area contributed by atoms with E-state index in [1.54, 1.807) is 0 Å². The van der Waals surface area contributed by atoms with Gasteiger partial charge in [-0.3, -0.25) is 9.69 Å². The van der Waals surface area contributed by atoms with E-state index in [2.05, 4.69) is 18.7 Å². The van der Waals surface area contributed by atoms with E-state index >= 15 is 0 Å². The summed E-state index contributed by atoms with van der Waals surface area (Å²) in [6, 6.07) is 0.562. The van der Waals surface area contributed by atoms with Crippen molar-refractivity contribution in [3.05, 3.63) is 0 Å². The first kappa shape index (κ1) is 13.8. The van der Waals surface area contributed by atoms with Gasteiger partial charge in [-0.2, -0.15) is 0 Å². The van der Waals surface area contributed by atoms with Gasteiger partial charge in [0.2, 0.25) is 0 Å². The maximum Gasteiger partial charge on any atom is 0.251 e. The Hall–Kier alpha value is -0.650. The SMILES string of the molecule is CC(C)N1CCN(C(=O)[C@@H]2CC[C@H](CN)O2)CC1. The van der Waals surface area contributed by atoms with Crippen LogP contribution in [0.3, 0.4) is 0 Å². The summed E-state index contributed by atoms with van der Waals surface area (Å²) in [5.41, 5.74) is 5.57. The molecule has 2 fully saturated rings. The molecule has 2 atom stereocenters. The number of nitrogens with zero attached hydrogens (tertiary/aromatic N) is 2. The fourth-order valence-electron chi connectivity index (χ4n) is 2.72. The molecule has 0 aromatic rings. The van der Waals surface area contributed by atoms with Crippen LogP contribution in [0.5, 0.6) is 0 Å². The summed E-state index contributed by atoms with van der Waals surface area (Å²) in [4.78, 5) is 16.6. The number of hydrogen-bond donors (Lipinski definition) is 1. The molecule has 2 N–H and O–H groups in total. The summed E-state index contributed by atoms with van der Waals surface area (Å²) in [7, 11) is 0. The summed E-state index contributed by atoms with van der Waals surface area (Å²) in [6.45, 7) is 8.50. The third kappa shape index (κ3) is 3.02. The minimum absolute atomic E-state index is 0.0795. The normalized spacial score (nSPS) is 30.1. The lowest BCUT2D eigenvalue weighted by molar-refractivity contribution is -0.144. The number of carbonyl (C=O) groups excluding carboxylic acids is 1. The van der Waals surface area contributed by atoms with Crippen LogP contribution in [0, 0.1) is 0 Å². The molecule has 2 aliphatic heterocycles. The van der Waals surface area contributed by atoms with E-state index in [1.165, 1.54) is 0 Å². The van der Waals surface area contributed by atoms with Crippen LogP contribution in [0.25, 0.3) is 0 Å². The van der Waals surface area contributed by atoms with Gasteiger partial charge < -0.3 is 15.4 Å². The standard InChI is InChI=1S/C13H25N3O2/c1-10(2)15-5-7-16(8-6-15)13(17)12-4-3-11(9-14)18-12/h10-12H,3-9,14H2,1-2H3/t11-,12+/m1/s1. The Morgan fingerprint density at radius 1 is 1.28 bits per heavy atom. The fraction of sp³-hybridized carbons (Fsp3) is 0.923. The summed E-state index contributed by atoms with van der Waals surface area (Å²) < 4.78 is 5.67. The second-order valence-corrected chi connectivity index (χ2v) is 5.51. The first-order valence-electron chi connectivity index (χ1n) is 7.00. The summed E-state index contributed by atoms with van der Waals surface area (Å²) in [5.74, 6) is 0.161. The van der Waals surface area contributed by atoms with Crippen molar-refractivity contribution in [2.45, 2.75) is 44.9 Å². The maximum atomic E-state index is 12.3. The molecule has 0 unspecified atom stereocenters. The third-order valence-corrected chi connectivity index (χ3v) is 4.00. The Kier molecular flexibility index (Phi) is 4.59. The topological polar surface area (TPSA) is 58.8 Å². The van der Waals surface area contributed by atoms with Gasteiger partial charge in [-0.25, -0.2) is 0 Å². The molecule has 0 aliphatic carbocycles. The Bertz CT molecular complexity index is 288. The number of rotatable bonds is 3. The maximum absolute atomic E-state index is 12.3. The molecule has 1 amide bonds. The van der Waals surface area contributed by atoms with Crippen molar-refractivity contribution >= 4 is 5.91 Å². The van der Waals surface area contributed by atoms with Gasteiger partial charge >= 0.3 is 0 Å². The molecular formula is C13H25N3O2. The molecule has 18 heavy (non-hydrogen) atoms. The molecular weight excluding hydrogens is 230 g/mol. The predicted molar refractivity (Wildman–Crippen MR) is 70.2 cm³/mol. The monoisotopic (exact) mass is 255 g/mol. The van der Waals surface area contributed by atoms with Crippen LogP contribution in [-0.2, 0) is 9.53 Å². The largest absolute Gasteiger partial charge is 0.364 e. The van der Waals surface area contributed by atoms with Gasteiger partial charge in [-0.1, -0.05) is 0 Å². The van der Waals surface area contributed by atoms with Gasteiger partial charge in [0.1, 0.15) is 6.10 Å². The minimum Gasteiger partial charge on any atom is -0.364 e. The molecule has 0 aromatic heterocycles. The molecule has 0 spiro atoms. The van der Waals surface area contributed by atoms with Crippen LogP contribution < -0.4 is 5.73 Å². The van der Waals surface area contributed by atoms with Gasteiger partial charge in [0.05, 0.1) is 6.10 Å². The highest BCUT2D eigenvalue weighted by atomic mass is 16.5. The van der Waals surface area contributed by atoms with Crippen molar-refractivity contribution in [2.24, 2.45) is 5.73 Å². The first-order valence-corrected chi connectivity index (χ1v) is 7.00. The molecule has 5 heteroatoms. The van der Waals surface area contributed by atoms with Crippen LogP contribution in [0.1, 0.15) is 26.7 Å². The Morgan fingerprint density at radius 2 is 1.94 bits per heavy atom. The summed E-state index contributed by atoms with van der Waals surface area (Å²) in [5, 5.41) is 0. The van der Waals surface area contributed by atoms with Crippen molar-refractivity contribution < 1.29 is 9.53 Å². The first-order chi connectivity index (χ1) is 8.61. The summed E-state index contributed by atoms with van der Waals surface area (Å²) in [6.07, 6.45) is 1.57. The van der Waals surface area contributed by atoms with Crippen LogP contribution in [0.4, 0.5) is 0 Å². The van der Waals surface area contributed by atoms with Crippen molar-refractivity contribution in [3.8, 4) is 0 Å². The molecule has 5 nitrogen and oxygen atoms in total. The van der Waals surface area contributed by atoms with Crippen molar-refractivity contribution in [1.29, 1.82) is 0 Å². The van der Waals surface area contributed by atoms with Crippen LogP contribution in [0.2, 0.25) is 0 Å². The summed E-state index contributed by atoms with van der Waals surface area (Å²) >= 11 is 0. The van der Waals surface area contributed by atoms with E-state index < -0.39 is 0 Å². The van der Waals surface area contributed by atoms with Gasteiger partial charge in [-0.15, -0.1) is 0 Å². The van der Waals surface area contributed by atoms with Gasteiger partial charge in [0.15, 0.2) is 0 Å². The Labute approximate surface area is 109 Å². The second-order valence-electron chi connectivity index (χ2n) is 5.51. The van der Waals surface area contributed by atoms with E-state index in [0.29, 0.717) is 12.6 Å². The molecule has 2 rings (SSSR count). The van der Waals surface area contributed by atoms with E-state index in [1.807, 2.05) is 4.90 Å². The number of piperazine rings is 1. The third-order valence-electron chi connectivity index (χ3n) is 4.00.